The van der Waals surface area contributed by atoms with E-state index in [4.69, 9.17) is 33.8 Å². The third-order valence-electron chi connectivity index (χ3n) is 7.70. The first-order chi connectivity index (χ1) is 21.0. The predicted molar refractivity (Wildman–Crippen MR) is 181 cm³/mol. The molecule has 0 aliphatic rings. The molecule has 0 heterocycles. The molecule has 0 bridgehead atoms. The number of rotatable bonds is 18. The number of carbonyl (C=O) groups excluding carboxylic acids is 4. The van der Waals surface area contributed by atoms with Crippen LogP contribution in [-0.4, -0.2) is 63.1 Å². The summed E-state index contributed by atoms with van der Waals surface area (Å²) in [5, 5.41) is 8.81. The first-order valence-corrected chi connectivity index (χ1v) is 16.7. The van der Waals surface area contributed by atoms with Crippen LogP contribution >= 0.6 is 0 Å². The van der Waals surface area contributed by atoms with Gasteiger partial charge in [0.15, 0.2) is 5.41 Å². The molecule has 0 aromatic rings. The van der Waals surface area contributed by atoms with Crippen LogP contribution in [0.25, 0.3) is 0 Å². The lowest BCUT2D eigenvalue weighted by molar-refractivity contribution is -0.323. The molecule has 0 aliphatic carbocycles. The van der Waals surface area contributed by atoms with Gasteiger partial charge >= 0.3 is 23.9 Å². The third kappa shape index (κ3) is 19.1. The van der Waals surface area contributed by atoms with E-state index in [1.54, 1.807) is 62.3 Å². The van der Waals surface area contributed by atoms with E-state index in [1.165, 1.54) is 6.92 Å². The normalized spacial score (nSPS) is 13.4. The van der Waals surface area contributed by atoms with Crippen molar-refractivity contribution < 1.29 is 53.0 Å². The molecular weight excluding hydrogens is 608 g/mol. The Morgan fingerprint density at radius 3 is 1.34 bits per heavy atom. The molecule has 11 heteroatoms. The van der Waals surface area contributed by atoms with Crippen molar-refractivity contribution in [3.8, 4) is 0 Å². The van der Waals surface area contributed by atoms with Crippen molar-refractivity contribution in [3.63, 3.8) is 0 Å². The summed E-state index contributed by atoms with van der Waals surface area (Å²) >= 11 is 0. The number of allylic oxidation sites excluding steroid dienone is 1. The van der Waals surface area contributed by atoms with Gasteiger partial charge in [0.05, 0.1) is 0 Å². The summed E-state index contributed by atoms with van der Waals surface area (Å²) in [6.45, 7) is 32.4. The Balaban J connectivity index is 0. The molecule has 276 valence electrons. The molecule has 0 aromatic heterocycles. The number of ether oxygens (including phenoxy) is 4. The van der Waals surface area contributed by atoms with Gasteiger partial charge in [-0.05, 0) is 115 Å². The van der Waals surface area contributed by atoms with Crippen molar-refractivity contribution in [2.24, 2.45) is 5.41 Å². The van der Waals surface area contributed by atoms with Gasteiger partial charge in [-0.2, -0.15) is 4.89 Å². The molecule has 1 N–H and O–H groups in total. The van der Waals surface area contributed by atoms with E-state index >= 15 is 0 Å². The van der Waals surface area contributed by atoms with Gasteiger partial charge in [0.25, 0.3) is 0 Å². The second-order valence-corrected chi connectivity index (χ2v) is 15.4. The Bertz CT molecular complexity index is 1000. The summed E-state index contributed by atoms with van der Waals surface area (Å²) in [4.78, 5) is 61.7. The van der Waals surface area contributed by atoms with E-state index in [9.17, 15) is 19.2 Å². The number of esters is 4. The third-order valence-corrected chi connectivity index (χ3v) is 7.70. The van der Waals surface area contributed by atoms with Crippen LogP contribution < -0.4 is 0 Å². The SMILES string of the molecule is C=C(CC(CCC(=O)OC(C)(C)CC)(C(=O)OC(C)(C)CC)C(=O)OC(C)(C)CC)OOC(C)(C)C.CCC(C)(C)OC(=O)C(C)O. The van der Waals surface area contributed by atoms with E-state index in [1.807, 2.05) is 41.5 Å². The molecule has 0 aromatic carbocycles. The fourth-order valence-electron chi connectivity index (χ4n) is 3.09. The van der Waals surface area contributed by atoms with Crippen LogP contribution in [0.4, 0.5) is 0 Å². The van der Waals surface area contributed by atoms with Crippen molar-refractivity contribution in [1.82, 2.24) is 0 Å². The Kier molecular flexibility index (Phi) is 18.6. The second-order valence-electron chi connectivity index (χ2n) is 15.4. The first-order valence-electron chi connectivity index (χ1n) is 16.7. The molecule has 0 aliphatic heterocycles. The minimum Gasteiger partial charge on any atom is -0.460 e. The zero-order chi connectivity index (χ0) is 37.7. The smallest absolute Gasteiger partial charge is 0.335 e. The Labute approximate surface area is 284 Å². The minimum atomic E-state index is -1.90. The summed E-state index contributed by atoms with van der Waals surface area (Å²) in [5.74, 6) is -2.68. The van der Waals surface area contributed by atoms with Crippen molar-refractivity contribution in [2.75, 3.05) is 0 Å². The second kappa shape index (κ2) is 18.8. The molecule has 1 unspecified atom stereocenters. The number of hydrogen-bond donors (Lipinski definition) is 1. The van der Waals surface area contributed by atoms with Gasteiger partial charge < -0.3 is 28.9 Å². The van der Waals surface area contributed by atoms with Crippen LogP contribution in [0, 0.1) is 5.41 Å². The lowest BCUT2D eigenvalue weighted by Crippen LogP contribution is -2.48. The highest BCUT2D eigenvalue weighted by Crippen LogP contribution is 2.39. The molecule has 1 atom stereocenters. The molecule has 0 saturated carbocycles. The average Bonchev–Trinajstić information content (AvgIpc) is 2.93. The molecule has 0 spiro atoms. The average molecular weight is 675 g/mol. The van der Waals surface area contributed by atoms with E-state index in [-0.39, 0.29) is 25.0 Å². The van der Waals surface area contributed by atoms with Crippen molar-refractivity contribution >= 4 is 23.9 Å². The van der Waals surface area contributed by atoms with Crippen LogP contribution in [0.2, 0.25) is 0 Å². The van der Waals surface area contributed by atoms with Crippen LogP contribution in [0.15, 0.2) is 12.3 Å². The van der Waals surface area contributed by atoms with Gasteiger partial charge in [0.1, 0.15) is 39.9 Å². The van der Waals surface area contributed by atoms with Crippen LogP contribution in [0.5, 0.6) is 0 Å². The summed E-state index contributed by atoms with van der Waals surface area (Å²) in [5.41, 5.74) is -5.39. The van der Waals surface area contributed by atoms with E-state index in [0.717, 1.165) is 6.42 Å². The zero-order valence-electron chi connectivity index (χ0n) is 32.3. The number of carbonyl (C=O) groups is 4. The molecule has 47 heavy (non-hydrogen) atoms. The standard InChI is InChI=1S/C28H50O8.C8H16O3/c1-14-25(8,9)32-21(29)17-18-28(22(30)33-26(10,11)15-2,23(31)34-27(12,13)16-3)19-20(4)35-36-24(5,6)7;1-5-8(3,4)11-7(10)6(2)9/h4,14-19H2,1-3,5-13H3;6,9H,5H2,1-4H3. The maximum Gasteiger partial charge on any atom is 0.335 e. The van der Waals surface area contributed by atoms with Gasteiger partial charge in [-0.25, -0.2) is 4.79 Å². The topological polar surface area (TPSA) is 144 Å². The van der Waals surface area contributed by atoms with Crippen LogP contribution in [0.3, 0.4) is 0 Å². The van der Waals surface area contributed by atoms with E-state index in [2.05, 4.69) is 6.58 Å². The maximum absolute atomic E-state index is 13.7. The fraction of sp³-hybridized carbons (Fsp3) is 0.833. The Morgan fingerprint density at radius 1 is 0.638 bits per heavy atom. The molecular formula is C36H66O11. The Morgan fingerprint density at radius 2 is 1.00 bits per heavy atom. The van der Waals surface area contributed by atoms with Crippen LogP contribution in [0.1, 0.15) is 156 Å². The highest BCUT2D eigenvalue weighted by Gasteiger charge is 2.52. The maximum atomic E-state index is 13.7. The highest BCUT2D eigenvalue weighted by molar-refractivity contribution is 6.01. The van der Waals surface area contributed by atoms with Crippen LogP contribution in [-0.2, 0) is 47.9 Å². The predicted octanol–water partition coefficient (Wildman–Crippen LogP) is 7.70. The van der Waals surface area contributed by atoms with Gasteiger partial charge in [-0.15, -0.1) is 0 Å². The first kappa shape index (κ1) is 46.5. The number of aliphatic hydroxyl groups excluding tert-OH is 1. The molecule has 0 rings (SSSR count). The summed E-state index contributed by atoms with van der Waals surface area (Å²) < 4.78 is 22.1. The van der Waals surface area contributed by atoms with Gasteiger partial charge in [-0.1, -0.05) is 34.3 Å². The van der Waals surface area contributed by atoms with Gasteiger partial charge in [0.2, 0.25) is 0 Å². The van der Waals surface area contributed by atoms with Crippen molar-refractivity contribution in [2.45, 2.75) is 190 Å². The van der Waals surface area contributed by atoms with E-state index in [0.29, 0.717) is 19.3 Å². The molecule has 0 fully saturated rings. The van der Waals surface area contributed by atoms with Gasteiger partial charge in [0, 0.05) is 12.8 Å². The zero-order valence-corrected chi connectivity index (χ0v) is 32.3. The molecule has 0 amide bonds. The number of hydrogen-bond acceptors (Lipinski definition) is 11. The summed E-state index contributed by atoms with van der Waals surface area (Å²) in [6, 6.07) is 0. The lowest BCUT2D eigenvalue weighted by Gasteiger charge is -2.36. The number of aliphatic hydroxyl groups is 1. The fourth-order valence-corrected chi connectivity index (χ4v) is 3.09. The summed E-state index contributed by atoms with van der Waals surface area (Å²) in [6.07, 6.45) is 0.652. The molecule has 0 saturated heterocycles. The lowest BCUT2D eigenvalue weighted by atomic mass is 9.78. The molecule has 0 radical (unpaired) electrons. The largest absolute Gasteiger partial charge is 0.460 e. The minimum absolute atomic E-state index is 0.0321. The quantitative estimate of drug-likeness (QED) is 0.0381. The van der Waals surface area contributed by atoms with Crippen molar-refractivity contribution in [3.05, 3.63) is 12.3 Å². The molecule has 11 nitrogen and oxygen atoms in total. The Hall–Kier alpha value is -2.66. The highest BCUT2D eigenvalue weighted by atomic mass is 17.2. The monoisotopic (exact) mass is 674 g/mol. The summed E-state index contributed by atoms with van der Waals surface area (Å²) in [7, 11) is 0. The van der Waals surface area contributed by atoms with Crippen molar-refractivity contribution in [1.29, 1.82) is 0 Å². The van der Waals surface area contributed by atoms with E-state index < -0.39 is 63.4 Å². The van der Waals surface area contributed by atoms with Gasteiger partial charge in [-0.3, -0.25) is 14.4 Å².